The number of aliphatic carboxylic acids is 1. The van der Waals surface area contributed by atoms with Crippen LogP contribution in [0.1, 0.15) is 36.0 Å². The molecule has 0 saturated heterocycles. The molecule has 0 radical (unpaired) electrons. The highest BCUT2D eigenvalue weighted by Gasteiger charge is 2.27. The molecule has 0 spiro atoms. The zero-order chi connectivity index (χ0) is 17.0. The lowest BCUT2D eigenvalue weighted by molar-refractivity contribution is -0.142. The lowest BCUT2D eigenvalue weighted by Gasteiger charge is -2.27. The maximum atomic E-state index is 13.1. The van der Waals surface area contributed by atoms with Crippen molar-refractivity contribution in [2.75, 3.05) is 0 Å². The molecular formula is C15H16F3NO4. The molecule has 1 saturated carbocycles. The van der Waals surface area contributed by atoms with E-state index >= 15 is 0 Å². The topological polar surface area (TPSA) is 75.6 Å². The van der Waals surface area contributed by atoms with E-state index in [2.05, 4.69) is 10.1 Å². The van der Waals surface area contributed by atoms with Crippen molar-refractivity contribution >= 4 is 11.9 Å². The second-order valence-corrected chi connectivity index (χ2v) is 5.38. The first-order valence-electron chi connectivity index (χ1n) is 7.15. The SMILES string of the molecule is O=C(NC1CCC(C(=O)O)CC1)c1ccc(F)cc1OC(F)F. The highest BCUT2D eigenvalue weighted by Crippen LogP contribution is 2.26. The van der Waals surface area contributed by atoms with Gasteiger partial charge >= 0.3 is 12.6 Å². The number of hydrogen-bond acceptors (Lipinski definition) is 3. The van der Waals surface area contributed by atoms with Gasteiger partial charge in [-0.15, -0.1) is 0 Å². The average Bonchev–Trinajstić information content (AvgIpc) is 2.47. The summed E-state index contributed by atoms with van der Waals surface area (Å²) in [5, 5.41) is 11.6. The van der Waals surface area contributed by atoms with Gasteiger partial charge in [0.2, 0.25) is 0 Å². The van der Waals surface area contributed by atoms with Crippen LogP contribution in [0, 0.1) is 11.7 Å². The first kappa shape index (κ1) is 17.1. The summed E-state index contributed by atoms with van der Waals surface area (Å²) in [5.74, 6) is -3.26. The summed E-state index contributed by atoms with van der Waals surface area (Å²) in [5.41, 5.74) is -0.188. The number of alkyl halides is 2. The highest BCUT2D eigenvalue weighted by atomic mass is 19.3. The van der Waals surface area contributed by atoms with E-state index in [0.717, 1.165) is 18.2 Å². The zero-order valence-corrected chi connectivity index (χ0v) is 12.1. The van der Waals surface area contributed by atoms with Crippen LogP contribution in [0.4, 0.5) is 13.2 Å². The fraction of sp³-hybridized carbons (Fsp3) is 0.467. The van der Waals surface area contributed by atoms with Crippen molar-refractivity contribution in [3.8, 4) is 5.75 Å². The first-order chi connectivity index (χ1) is 10.9. The van der Waals surface area contributed by atoms with E-state index in [1.807, 2.05) is 0 Å². The number of rotatable bonds is 5. The van der Waals surface area contributed by atoms with Crippen molar-refractivity contribution in [1.29, 1.82) is 0 Å². The molecule has 1 aromatic carbocycles. The first-order valence-corrected chi connectivity index (χ1v) is 7.15. The number of carbonyl (C=O) groups is 2. The van der Waals surface area contributed by atoms with Crippen molar-refractivity contribution in [3.05, 3.63) is 29.6 Å². The number of halogens is 3. The fourth-order valence-corrected chi connectivity index (χ4v) is 2.63. The lowest BCUT2D eigenvalue weighted by atomic mass is 9.86. The van der Waals surface area contributed by atoms with Crippen molar-refractivity contribution < 1.29 is 32.6 Å². The van der Waals surface area contributed by atoms with Crippen LogP contribution in [0.5, 0.6) is 5.75 Å². The van der Waals surface area contributed by atoms with E-state index in [1.165, 1.54) is 0 Å². The Kier molecular flexibility index (Phi) is 5.46. The monoisotopic (exact) mass is 331 g/mol. The van der Waals surface area contributed by atoms with E-state index in [1.54, 1.807) is 0 Å². The Hall–Kier alpha value is -2.25. The molecule has 2 N–H and O–H groups in total. The summed E-state index contributed by atoms with van der Waals surface area (Å²) >= 11 is 0. The Morgan fingerprint density at radius 2 is 1.87 bits per heavy atom. The van der Waals surface area contributed by atoms with Crippen molar-refractivity contribution in [3.63, 3.8) is 0 Å². The minimum absolute atomic E-state index is 0.188. The second kappa shape index (κ2) is 7.34. The molecule has 8 heteroatoms. The third-order valence-corrected chi connectivity index (χ3v) is 3.82. The highest BCUT2D eigenvalue weighted by molar-refractivity contribution is 5.97. The molecule has 0 unspecified atom stereocenters. The van der Waals surface area contributed by atoms with E-state index < -0.39 is 36.0 Å². The number of amides is 1. The third kappa shape index (κ3) is 4.61. The average molecular weight is 331 g/mol. The van der Waals surface area contributed by atoms with Crippen LogP contribution < -0.4 is 10.1 Å². The van der Waals surface area contributed by atoms with Gasteiger partial charge in [0.05, 0.1) is 11.5 Å². The van der Waals surface area contributed by atoms with Gasteiger partial charge in [-0.1, -0.05) is 0 Å². The minimum Gasteiger partial charge on any atom is -0.481 e. The van der Waals surface area contributed by atoms with Gasteiger partial charge < -0.3 is 15.2 Å². The number of carboxylic acid groups (broad SMARTS) is 1. The molecule has 1 amide bonds. The van der Waals surface area contributed by atoms with Crippen molar-refractivity contribution in [1.82, 2.24) is 5.32 Å². The number of ether oxygens (including phenoxy) is 1. The van der Waals surface area contributed by atoms with Crippen LogP contribution in [0.2, 0.25) is 0 Å². The Labute approximate surface area is 130 Å². The van der Waals surface area contributed by atoms with E-state index in [4.69, 9.17) is 5.11 Å². The number of benzene rings is 1. The third-order valence-electron chi connectivity index (χ3n) is 3.82. The van der Waals surface area contributed by atoms with Crippen molar-refractivity contribution in [2.45, 2.75) is 38.3 Å². The van der Waals surface area contributed by atoms with Gasteiger partial charge in [-0.05, 0) is 37.8 Å². The number of carboxylic acids is 1. The normalized spacial score (nSPS) is 21.0. The Balaban J connectivity index is 2.02. The molecule has 1 aliphatic rings. The Morgan fingerprint density at radius 3 is 2.43 bits per heavy atom. The van der Waals surface area contributed by atoms with E-state index in [9.17, 15) is 22.8 Å². The number of hydrogen-bond donors (Lipinski definition) is 2. The summed E-state index contributed by atoms with van der Waals surface area (Å²) < 4.78 is 42.0. The molecule has 2 rings (SSSR count). The zero-order valence-electron chi connectivity index (χ0n) is 12.1. The molecule has 0 heterocycles. The summed E-state index contributed by atoms with van der Waals surface area (Å²) in [6.45, 7) is -3.17. The molecule has 1 fully saturated rings. The fourth-order valence-electron chi connectivity index (χ4n) is 2.63. The molecular weight excluding hydrogens is 315 g/mol. The maximum absolute atomic E-state index is 13.1. The number of carbonyl (C=O) groups excluding carboxylic acids is 1. The molecule has 23 heavy (non-hydrogen) atoms. The molecule has 5 nitrogen and oxygen atoms in total. The molecule has 0 bridgehead atoms. The molecule has 1 aliphatic carbocycles. The van der Waals surface area contributed by atoms with Crippen LogP contribution in [0.15, 0.2) is 18.2 Å². The van der Waals surface area contributed by atoms with Gasteiger partial charge in [-0.25, -0.2) is 4.39 Å². The summed E-state index contributed by atoms with van der Waals surface area (Å²) in [6, 6.07) is 2.53. The standard InChI is InChI=1S/C15H16F3NO4/c16-9-3-6-11(12(7-9)23-15(17)18)13(20)19-10-4-1-8(2-5-10)14(21)22/h3,6-8,10,15H,1-2,4-5H2,(H,19,20)(H,21,22). The van der Waals surface area contributed by atoms with Crippen LogP contribution in [0.3, 0.4) is 0 Å². The molecule has 126 valence electrons. The van der Waals surface area contributed by atoms with Gasteiger partial charge in [-0.2, -0.15) is 8.78 Å². The van der Waals surface area contributed by atoms with Crippen LogP contribution in [-0.2, 0) is 4.79 Å². The molecule has 0 atom stereocenters. The Morgan fingerprint density at radius 1 is 1.22 bits per heavy atom. The molecule has 0 aliphatic heterocycles. The smallest absolute Gasteiger partial charge is 0.387 e. The second-order valence-electron chi connectivity index (χ2n) is 5.38. The van der Waals surface area contributed by atoms with Crippen LogP contribution in [0.25, 0.3) is 0 Å². The summed E-state index contributed by atoms with van der Waals surface area (Å²) in [7, 11) is 0. The Bertz CT molecular complexity index is 586. The lowest BCUT2D eigenvalue weighted by Crippen LogP contribution is -2.38. The largest absolute Gasteiger partial charge is 0.481 e. The van der Waals surface area contributed by atoms with E-state index in [-0.39, 0.29) is 11.6 Å². The predicted molar refractivity (Wildman–Crippen MR) is 73.9 cm³/mol. The molecule has 0 aromatic heterocycles. The molecule has 1 aromatic rings. The van der Waals surface area contributed by atoms with Gasteiger partial charge in [0.1, 0.15) is 11.6 Å². The quantitative estimate of drug-likeness (QED) is 0.870. The van der Waals surface area contributed by atoms with Crippen LogP contribution in [-0.4, -0.2) is 29.6 Å². The van der Waals surface area contributed by atoms with Gasteiger partial charge in [0.25, 0.3) is 5.91 Å². The van der Waals surface area contributed by atoms with Crippen LogP contribution >= 0.6 is 0 Å². The van der Waals surface area contributed by atoms with E-state index in [0.29, 0.717) is 25.7 Å². The predicted octanol–water partition coefficient (Wildman–Crippen LogP) is 2.80. The summed E-state index contributed by atoms with van der Waals surface area (Å²) in [6.07, 6.45) is 1.83. The van der Waals surface area contributed by atoms with Gasteiger partial charge in [0.15, 0.2) is 0 Å². The maximum Gasteiger partial charge on any atom is 0.387 e. The summed E-state index contributed by atoms with van der Waals surface area (Å²) in [4.78, 5) is 23.0. The number of nitrogens with one attached hydrogen (secondary N) is 1. The van der Waals surface area contributed by atoms with Gasteiger partial charge in [0, 0.05) is 12.1 Å². The minimum atomic E-state index is -3.17. The van der Waals surface area contributed by atoms with Gasteiger partial charge in [-0.3, -0.25) is 9.59 Å². The van der Waals surface area contributed by atoms with Crippen molar-refractivity contribution in [2.24, 2.45) is 5.92 Å².